The number of pyridine rings is 1. The molecule has 0 fully saturated rings. The largest absolute Gasteiger partial charge is 0.464 e. The van der Waals surface area contributed by atoms with E-state index in [9.17, 15) is 4.79 Å². The van der Waals surface area contributed by atoms with Gasteiger partial charge in [0, 0.05) is 22.6 Å². The fraction of sp³-hybridized carbons (Fsp3) is 0.200. The van der Waals surface area contributed by atoms with Crippen LogP contribution < -0.4 is 0 Å². The molecule has 5 rings (SSSR count). The predicted octanol–water partition coefficient (Wildman–Crippen LogP) is 4.60. The van der Waals surface area contributed by atoms with Crippen molar-refractivity contribution in [2.45, 2.75) is 19.4 Å². The molecule has 4 aromatic rings. The molecule has 0 bridgehead atoms. The molecule has 0 spiro atoms. The topological polar surface area (TPSA) is 50.8 Å². The van der Waals surface area contributed by atoms with E-state index in [0.29, 0.717) is 12.2 Å². The van der Waals surface area contributed by atoms with Crippen molar-refractivity contribution in [3.05, 3.63) is 70.2 Å². The standard InChI is InChI=1S/C20H16BrN3O2/c1-12-17-10-19-14(5-7-26-19)8-13(17)4-6-23(12)20(25)18-9-16-3-2-15(21)11-24(16)22-18/h2-3,5,7-12H,4,6H2,1H3. The molecular weight excluding hydrogens is 394 g/mol. The molecule has 4 heterocycles. The minimum Gasteiger partial charge on any atom is -0.464 e. The van der Waals surface area contributed by atoms with E-state index in [0.717, 1.165) is 32.9 Å². The number of fused-ring (bicyclic) bond motifs is 3. The van der Waals surface area contributed by atoms with Crippen LogP contribution in [0.1, 0.15) is 34.6 Å². The Morgan fingerprint density at radius 2 is 2.15 bits per heavy atom. The summed E-state index contributed by atoms with van der Waals surface area (Å²) in [4.78, 5) is 15.0. The Hall–Kier alpha value is -2.60. The lowest BCUT2D eigenvalue weighted by Crippen LogP contribution is -2.39. The summed E-state index contributed by atoms with van der Waals surface area (Å²) >= 11 is 3.43. The third-order valence-electron chi connectivity index (χ3n) is 5.16. The number of carbonyl (C=O) groups excluding carboxylic acids is 1. The van der Waals surface area contributed by atoms with Crippen LogP contribution in [0.3, 0.4) is 0 Å². The Morgan fingerprint density at radius 3 is 3.04 bits per heavy atom. The van der Waals surface area contributed by atoms with Gasteiger partial charge in [0.2, 0.25) is 0 Å². The minimum atomic E-state index is -0.0393. The molecule has 1 unspecified atom stereocenters. The van der Waals surface area contributed by atoms with Crippen molar-refractivity contribution in [3.8, 4) is 0 Å². The Bertz CT molecular complexity index is 1160. The van der Waals surface area contributed by atoms with Crippen LogP contribution in [0.5, 0.6) is 0 Å². The molecule has 0 aliphatic carbocycles. The lowest BCUT2D eigenvalue weighted by molar-refractivity contribution is 0.0671. The lowest BCUT2D eigenvalue weighted by atomic mass is 9.92. The SMILES string of the molecule is CC1c2cc3occc3cc2CCN1C(=O)c1cc2ccc(Br)cn2n1. The van der Waals surface area contributed by atoms with E-state index in [1.807, 2.05) is 35.4 Å². The summed E-state index contributed by atoms with van der Waals surface area (Å²) in [7, 11) is 0. The second-order valence-corrected chi connectivity index (χ2v) is 7.60. The van der Waals surface area contributed by atoms with Gasteiger partial charge in [-0.25, -0.2) is 4.52 Å². The normalized spacial score (nSPS) is 17.0. The first-order valence-electron chi connectivity index (χ1n) is 8.56. The number of nitrogens with zero attached hydrogens (tertiary/aromatic N) is 3. The molecule has 1 aliphatic heterocycles. The molecule has 130 valence electrons. The van der Waals surface area contributed by atoms with Crippen LogP contribution in [0.25, 0.3) is 16.5 Å². The smallest absolute Gasteiger partial charge is 0.274 e. The van der Waals surface area contributed by atoms with Gasteiger partial charge in [-0.2, -0.15) is 5.10 Å². The first kappa shape index (κ1) is 15.6. The number of rotatable bonds is 1. The molecule has 0 N–H and O–H groups in total. The summed E-state index contributed by atoms with van der Waals surface area (Å²) < 4.78 is 8.19. The number of hydrogen-bond acceptors (Lipinski definition) is 3. The summed E-state index contributed by atoms with van der Waals surface area (Å²) in [6.45, 7) is 2.75. The van der Waals surface area contributed by atoms with E-state index in [-0.39, 0.29) is 11.9 Å². The summed E-state index contributed by atoms with van der Waals surface area (Å²) in [5.41, 5.74) is 4.67. The van der Waals surface area contributed by atoms with Crippen molar-refractivity contribution in [1.29, 1.82) is 0 Å². The van der Waals surface area contributed by atoms with Crippen molar-refractivity contribution in [2.75, 3.05) is 6.54 Å². The molecule has 6 heteroatoms. The van der Waals surface area contributed by atoms with Gasteiger partial charge in [-0.15, -0.1) is 0 Å². The number of aromatic nitrogens is 2. The maximum Gasteiger partial charge on any atom is 0.274 e. The first-order chi connectivity index (χ1) is 12.6. The summed E-state index contributed by atoms with van der Waals surface area (Å²) in [5, 5.41) is 5.57. The molecule has 0 saturated carbocycles. The van der Waals surface area contributed by atoms with Crippen LogP contribution in [0.4, 0.5) is 0 Å². The average Bonchev–Trinajstić information content (AvgIpc) is 3.25. The van der Waals surface area contributed by atoms with Gasteiger partial charge in [-0.3, -0.25) is 4.79 Å². The van der Waals surface area contributed by atoms with Crippen molar-refractivity contribution in [3.63, 3.8) is 0 Å². The van der Waals surface area contributed by atoms with Crippen LogP contribution >= 0.6 is 15.9 Å². The minimum absolute atomic E-state index is 0.0164. The van der Waals surface area contributed by atoms with Gasteiger partial charge in [0.25, 0.3) is 5.91 Å². The number of hydrogen-bond donors (Lipinski definition) is 0. The van der Waals surface area contributed by atoms with Crippen LogP contribution in [0.15, 0.2) is 57.7 Å². The number of furan rings is 1. The van der Waals surface area contributed by atoms with Gasteiger partial charge in [0.05, 0.1) is 17.8 Å². The second-order valence-electron chi connectivity index (χ2n) is 6.68. The van der Waals surface area contributed by atoms with E-state index in [1.165, 1.54) is 5.56 Å². The van der Waals surface area contributed by atoms with Gasteiger partial charge in [0.15, 0.2) is 5.69 Å². The molecule has 1 aromatic carbocycles. The van der Waals surface area contributed by atoms with E-state index in [1.54, 1.807) is 10.8 Å². The molecule has 1 atom stereocenters. The Balaban J connectivity index is 1.52. The average molecular weight is 410 g/mol. The third-order valence-corrected chi connectivity index (χ3v) is 5.63. The van der Waals surface area contributed by atoms with Gasteiger partial charge < -0.3 is 9.32 Å². The van der Waals surface area contributed by atoms with Crippen molar-refractivity contribution in [2.24, 2.45) is 0 Å². The third kappa shape index (κ3) is 2.36. The van der Waals surface area contributed by atoms with E-state index >= 15 is 0 Å². The number of benzene rings is 1. The van der Waals surface area contributed by atoms with Crippen molar-refractivity contribution in [1.82, 2.24) is 14.5 Å². The van der Waals surface area contributed by atoms with Gasteiger partial charge in [0.1, 0.15) is 5.58 Å². The molecule has 3 aromatic heterocycles. The highest BCUT2D eigenvalue weighted by atomic mass is 79.9. The fourth-order valence-electron chi connectivity index (χ4n) is 3.77. The maximum absolute atomic E-state index is 13.1. The highest BCUT2D eigenvalue weighted by molar-refractivity contribution is 9.10. The van der Waals surface area contributed by atoms with Crippen LogP contribution in [-0.2, 0) is 6.42 Å². The lowest BCUT2D eigenvalue weighted by Gasteiger charge is -2.34. The Morgan fingerprint density at radius 1 is 1.27 bits per heavy atom. The van der Waals surface area contributed by atoms with Gasteiger partial charge in [-0.05, 0) is 76.8 Å². The molecule has 5 nitrogen and oxygen atoms in total. The van der Waals surface area contributed by atoms with Gasteiger partial charge >= 0.3 is 0 Å². The summed E-state index contributed by atoms with van der Waals surface area (Å²) in [5.74, 6) is -0.0393. The van der Waals surface area contributed by atoms with E-state index in [2.05, 4.69) is 40.1 Å². The Labute approximate surface area is 158 Å². The number of carbonyl (C=O) groups is 1. The van der Waals surface area contributed by atoms with Crippen molar-refractivity contribution < 1.29 is 9.21 Å². The molecular formula is C20H16BrN3O2. The van der Waals surface area contributed by atoms with Crippen LogP contribution in [0, 0.1) is 0 Å². The van der Waals surface area contributed by atoms with Crippen LogP contribution in [-0.4, -0.2) is 27.0 Å². The molecule has 1 amide bonds. The second kappa shape index (κ2) is 5.71. The zero-order chi connectivity index (χ0) is 17.8. The van der Waals surface area contributed by atoms with Crippen LogP contribution in [0.2, 0.25) is 0 Å². The summed E-state index contributed by atoms with van der Waals surface area (Å²) in [6, 6.07) is 11.9. The predicted molar refractivity (Wildman–Crippen MR) is 102 cm³/mol. The molecule has 26 heavy (non-hydrogen) atoms. The fourth-order valence-corrected chi connectivity index (χ4v) is 4.10. The quantitative estimate of drug-likeness (QED) is 0.461. The highest BCUT2D eigenvalue weighted by Crippen LogP contribution is 2.34. The zero-order valence-corrected chi connectivity index (χ0v) is 15.7. The summed E-state index contributed by atoms with van der Waals surface area (Å²) in [6.07, 6.45) is 4.40. The maximum atomic E-state index is 13.1. The first-order valence-corrected chi connectivity index (χ1v) is 9.35. The van der Waals surface area contributed by atoms with Gasteiger partial charge in [-0.1, -0.05) is 0 Å². The van der Waals surface area contributed by atoms with E-state index in [4.69, 9.17) is 4.42 Å². The monoisotopic (exact) mass is 409 g/mol. The molecule has 1 aliphatic rings. The van der Waals surface area contributed by atoms with E-state index < -0.39 is 0 Å². The molecule has 0 radical (unpaired) electrons. The zero-order valence-electron chi connectivity index (χ0n) is 14.1. The number of amides is 1. The Kier molecular flexibility index (Phi) is 3.43. The molecule has 0 saturated heterocycles. The number of halogens is 1. The highest BCUT2D eigenvalue weighted by Gasteiger charge is 2.30. The van der Waals surface area contributed by atoms with Crippen molar-refractivity contribution >= 4 is 38.3 Å².